The number of rotatable bonds is 6. The molecule has 5 heteroatoms. The summed E-state index contributed by atoms with van der Waals surface area (Å²) >= 11 is 0. The van der Waals surface area contributed by atoms with E-state index in [4.69, 9.17) is 9.84 Å². The lowest BCUT2D eigenvalue weighted by Gasteiger charge is -2.30. The van der Waals surface area contributed by atoms with Gasteiger partial charge in [0.05, 0.1) is 12.6 Å². The Labute approximate surface area is 109 Å². The van der Waals surface area contributed by atoms with Crippen LogP contribution in [0.5, 0.6) is 0 Å². The van der Waals surface area contributed by atoms with Gasteiger partial charge in [0.15, 0.2) is 0 Å². The van der Waals surface area contributed by atoms with E-state index in [-0.39, 0.29) is 30.5 Å². The Hall–Kier alpha value is -0.650. The van der Waals surface area contributed by atoms with E-state index in [0.29, 0.717) is 6.04 Å². The van der Waals surface area contributed by atoms with Gasteiger partial charge in [-0.2, -0.15) is 0 Å². The zero-order valence-corrected chi connectivity index (χ0v) is 11.6. The SMILES string of the molecule is CC(C)[C@H](NC1CCOCC1)C(=O)N[C@@H](C)CO. The average molecular weight is 258 g/mol. The molecule has 1 fully saturated rings. The average Bonchev–Trinajstić information content (AvgIpc) is 2.36. The van der Waals surface area contributed by atoms with Crippen LogP contribution in [0.3, 0.4) is 0 Å². The third-order valence-corrected chi connectivity index (χ3v) is 3.25. The first-order valence-electron chi connectivity index (χ1n) is 6.79. The molecule has 1 aliphatic rings. The van der Waals surface area contributed by atoms with E-state index < -0.39 is 0 Å². The third-order valence-electron chi connectivity index (χ3n) is 3.25. The van der Waals surface area contributed by atoms with Crippen molar-refractivity contribution in [2.75, 3.05) is 19.8 Å². The largest absolute Gasteiger partial charge is 0.394 e. The zero-order chi connectivity index (χ0) is 13.5. The van der Waals surface area contributed by atoms with Crippen molar-refractivity contribution >= 4 is 5.91 Å². The number of ether oxygens (including phenoxy) is 1. The molecule has 0 aliphatic carbocycles. The van der Waals surface area contributed by atoms with E-state index >= 15 is 0 Å². The van der Waals surface area contributed by atoms with Gasteiger partial charge in [-0.3, -0.25) is 4.79 Å². The molecule has 106 valence electrons. The molecule has 3 N–H and O–H groups in total. The lowest BCUT2D eigenvalue weighted by Crippen LogP contribution is -2.54. The summed E-state index contributed by atoms with van der Waals surface area (Å²) in [5, 5.41) is 15.2. The van der Waals surface area contributed by atoms with Crippen molar-refractivity contribution < 1.29 is 14.6 Å². The van der Waals surface area contributed by atoms with Crippen LogP contribution in [0, 0.1) is 5.92 Å². The molecule has 0 radical (unpaired) electrons. The van der Waals surface area contributed by atoms with Gasteiger partial charge in [0.1, 0.15) is 0 Å². The molecule has 1 heterocycles. The number of hydrogen-bond donors (Lipinski definition) is 3. The molecule has 2 atom stereocenters. The Morgan fingerprint density at radius 3 is 2.44 bits per heavy atom. The molecule has 1 amide bonds. The number of aliphatic hydroxyl groups is 1. The lowest BCUT2D eigenvalue weighted by molar-refractivity contribution is -0.125. The van der Waals surface area contributed by atoms with Crippen LogP contribution in [-0.2, 0) is 9.53 Å². The lowest BCUT2D eigenvalue weighted by atomic mass is 9.99. The van der Waals surface area contributed by atoms with Gasteiger partial charge in [-0.1, -0.05) is 13.8 Å². The molecular formula is C13H26N2O3. The summed E-state index contributed by atoms with van der Waals surface area (Å²) in [6.07, 6.45) is 1.90. The van der Waals surface area contributed by atoms with Crippen LogP contribution in [0.4, 0.5) is 0 Å². The maximum atomic E-state index is 12.1. The summed E-state index contributed by atoms with van der Waals surface area (Å²) in [6.45, 7) is 7.34. The van der Waals surface area contributed by atoms with Crippen LogP contribution in [0.2, 0.25) is 0 Å². The molecule has 1 saturated heterocycles. The molecule has 5 nitrogen and oxygen atoms in total. The van der Waals surface area contributed by atoms with E-state index in [1.807, 2.05) is 13.8 Å². The fourth-order valence-corrected chi connectivity index (χ4v) is 2.07. The predicted octanol–water partition coefficient (Wildman–Crippen LogP) is 0.277. The van der Waals surface area contributed by atoms with Crippen molar-refractivity contribution in [3.8, 4) is 0 Å². The quantitative estimate of drug-likeness (QED) is 0.640. The van der Waals surface area contributed by atoms with Crippen LogP contribution in [-0.4, -0.2) is 49.0 Å². The summed E-state index contributed by atoms with van der Waals surface area (Å²) < 4.78 is 5.31. The number of amides is 1. The second kappa shape index (κ2) is 7.71. The first-order chi connectivity index (χ1) is 8.54. The highest BCUT2D eigenvalue weighted by Crippen LogP contribution is 2.11. The van der Waals surface area contributed by atoms with Crippen molar-refractivity contribution in [3.05, 3.63) is 0 Å². The van der Waals surface area contributed by atoms with Crippen LogP contribution < -0.4 is 10.6 Å². The highest BCUT2D eigenvalue weighted by Gasteiger charge is 2.26. The van der Waals surface area contributed by atoms with Crippen molar-refractivity contribution in [1.29, 1.82) is 0 Å². The molecule has 0 saturated carbocycles. The standard InChI is InChI=1S/C13H26N2O3/c1-9(2)12(13(17)14-10(3)8-16)15-11-4-6-18-7-5-11/h9-12,15-16H,4-8H2,1-3H3,(H,14,17)/t10-,12-/m0/s1. The molecule has 0 bridgehead atoms. The summed E-state index contributed by atoms with van der Waals surface area (Å²) in [5.41, 5.74) is 0. The van der Waals surface area contributed by atoms with Crippen molar-refractivity contribution in [1.82, 2.24) is 10.6 Å². The second-order valence-corrected chi connectivity index (χ2v) is 5.37. The highest BCUT2D eigenvalue weighted by molar-refractivity contribution is 5.82. The van der Waals surface area contributed by atoms with Gasteiger partial charge in [0, 0.05) is 25.3 Å². The normalized spacial score (nSPS) is 20.7. The van der Waals surface area contributed by atoms with Crippen LogP contribution in [0.1, 0.15) is 33.6 Å². The smallest absolute Gasteiger partial charge is 0.237 e. The molecule has 0 aromatic heterocycles. The second-order valence-electron chi connectivity index (χ2n) is 5.37. The number of nitrogens with one attached hydrogen (secondary N) is 2. The first-order valence-corrected chi connectivity index (χ1v) is 6.79. The van der Waals surface area contributed by atoms with Gasteiger partial charge in [-0.05, 0) is 25.7 Å². The number of hydrogen-bond acceptors (Lipinski definition) is 4. The minimum atomic E-state index is -0.206. The Balaban J connectivity index is 2.50. The Morgan fingerprint density at radius 2 is 1.94 bits per heavy atom. The number of aliphatic hydroxyl groups excluding tert-OH is 1. The Kier molecular flexibility index (Phi) is 6.60. The molecule has 18 heavy (non-hydrogen) atoms. The summed E-state index contributed by atoms with van der Waals surface area (Å²) in [6, 6.07) is -0.0568. The predicted molar refractivity (Wildman–Crippen MR) is 70.3 cm³/mol. The Morgan fingerprint density at radius 1 is 1.33 bits per heavy atom. The Bertz CT molecular complexity index is 253. The number of carbonyl (C=O) groups is 1. The maximum Gasteiger partial charge on any atom is 0.237 e. The topological polar surface area (TPSA) is 70.6 Å². The van der Waals surface area contributed by atoms with E-state index in [1.54, 1.807) is 6.92 Å². The fraction of sp³-hybridized carbons (Fsp3) is 0.923. The molecule has 0 aromatic rings. The van der Waals surface area contributed by atoms with Gasteiger partial charge in [0.25, 0.3) is 0 Å². The summed E-state index contributed by atoms with van der Waals surface area (Å²) in [7, 11) is 0. The van der Waals surface area contributed by atoms with Crippen molar-refractivity contribution in [2.24, 2.45) is 5.92 Å². The minimum Gasteiger partial charge on any atom is -0.394 e. The fourth-order valence-electron chi connectivity index (χ4n) is 2.07. The van der Waals surface area contributed by atoms with E-state index in [0.717, 1.165) is 26.1 Å². The summed E-state index contributed by atoms with van der Waals surface area (Å²) in [5.74, 6) is 0.191. The van der Waals surface area contributed by atoms with Crippen molar-refractivity contribution in [2.45, 2.75) is 51.7 Å². The highest BCUT2D eigenvalue weighted by atomic mass is 16.5. The molecule has 0 aromatic carbocycles. The first kappa shape index (κ1) is 15.4. The van der Waals surface area contributed by atoms with Gasteiger partial charge < -0.3 is 20.5 Å². The van der Waals surface area contributed by atoms with Gasteiger partial charge in [-0.25, -0.2) is 0 Å². The van der Waals surface area contributed by atoms with E-state index in [2.05, 4.69) is 10.6 Å². The molecule has 0 spiro atoms. The zero-order valence-electron chi connectivity index (χ0n) is 11.6. The maximum absolute atomic E-state index is 12.1. The van der Waals surface area contributed by atoms with Crippen LogP contribution >= 0.6 is 0 Å². The van der Waals surface area contributed by atoms with E-state index in [1.165, 1.54) is 0 Å². The van der Waals surface area contributed by atoms with E-state index in [9.17, 15) is 4.79 Å². The number of carbonyl (C=O) groups excluding carboxylic acids is 1. The molecule has 0 unspecified atom stereocenters. The molecular weight excluding hydrogens is 232 g/mol. The monoisotopic (exact) mass is 258 g/mol. The van der Waals surface area contributed by atoms with Gasteiger partial charge in [-0.15, -0.1) is 0 Å². The van der Waals surface area contributed by atoms with Gasteiger partial charge in [0.2, 0.25) is 5.91 Å². The molecule has 1 rings (SSSR count). The van der Waals surface area contributed by atoms with Gasteiger partial charge >= 0.3 is 0 Å². The van der Waals surface area contributed by atoms with Crippen LogP contribution in [0.15, 0.2) is 0 Å². The van der Waals surface area contributed by atoms with Crippen molar-refractivity contribution in [3.63, 3.8) is 0 Å². The third kappa shape index (κ3) is 4.92. The van der Waals surface area contributed by atoms with Crippen LogP contribution in [0.25, 0.3) is 0 Å². The minimum absolute atomic E-state index is 0.0296. The summed E-state index contributed by atoms with van der Waals surface area (Å²) in [4.78, 5) is 12.1. The molecule has 1 aliphatic heterocycles.